The van der Waals surface area contributed by atoms with Gasteiger partial charge in [0.15, 0.2) is 6.10 Å². The van der Waals surface area contributed by atoms with Gasteiger partial charge < -0.3 is 15.2 Å². The minimum Gasteiger partial charge on any atom is -0.460 e. The summed E-state index contributed by atoms with van der Waals surface area (Å²) in [5, 5.41) is 0.150. The van der Waals surface area contributed by atoms with E-state index in [0.717, 1.165) is 19.1 Å². The largest absolute Gasteiger partial charge is 0.460 e. The van der Waals surface area contributed by atoms with Crippen LogP contribution in [0.25, 0.3) is 0 Å². The number of ketones is 1. The Kier molecular flexibility index (Phi) is 3.44. The summed E-state index contributed by atoms with van der Waals surface area (Å²) in [7, 11) is 0. The summed E-state index contributed by atoms with van der Waals surface area (Å²) in [6, 6.07) is 3.51. The van der Waals surface area contributed by atoms with Crippen LogP contribution in [0, 0.1) is 5.82 Å². The van der Waals surface area contributed by atoms with E-state index in [1.807, 2.05) is 0 Å². The Bertz CT molecular complexity index is 599. The van der Waals surface area contributed by atoms with Gasteiger partial charge >= 0.3 is 5.97 Å². The number of ether oxygens (including phenoxy) is 2. The number of esters is 1. The van der Waals surface area contributed by atoms with Crippen LogP contribution in [0.3, 0.4) is 0 Å². The Morgan fingerprint density at radius 2 is 2.21 bits per heavy atom. The van der Waals surface area contributed by atoms with Crippen LogP contribution in [0.15, 0.2) is 29.8 Å². The van der Waals surface area contributed by atoms with Gasteiger partial charge in [-0.25, -0.2) is 4.39 Å². The fourth-order valence-corrected chi connectivity index (χ4v) is 1.86. The zero-order valence-electron chi connectivity index (χ0n) is 9.78. The number of benzene rings is 1. The van der Waals surface area contributed by atoms with Crippen LogP contribution in [0.2, 0.25) is 5.02 Å². The average Bonchev–Trinajstić information content (AvgIpc) is 2.60. The highest BCUT2D eigenvalue weighted by molar-refractivity contribution is 6.31. The quantitative estimate of drug-likeness (QED) is 0.839. The molecular weight excluding hydrogens is 277 g/mol. The second kappa shape index (κ2) is 4.89. The molecule has 1 unspecified atom stereocenters. The first-order chi connectivity index (χ1) is 8.90. The number of Topliss-reactive ketones (excluding diaryl/α,β-unsaturated/α-hetero) is 1. The van der Waals surface area contributed by atoms with E-state index in [1.54, 1.807) is 0 Å². The highest BCUT2D eigenvalue weighted by Crippen LogP contribution is 2.35. The molecule has 1 atom stereocenters. The van der Waals surface area contributed by atoms with Gasteiger partial charge in [0.25, 0.3) is 0 Å². The molecule has 19 heavy (non-hydrogen) atoms. The summed E-state index contributed by atoms with van der Waals surface area (Å²) in [5.41, 5.74) is 5.58. The lowest BCUT2D eigenvalue weighted by molar-refractivity contribution is -0.140. The Morgan fingerprint density at radius 1 is 1.53 bits per heavy atom. The monoisotopic (exact) mass is 285 g/mol. The molecule has 0 saturated carbocycles. The minimum atomic E-state index is -1.21. The van der Waals surface area contributed by atoms with E-state index in [-0.39, 0.29) is 16.5 Å². The predicted octanol–water partition coefficient (Wildman–Crippen LogP) is 1.81. The SMILES string of the molecule is CC(=O)OC1=C(N)OC(c2cc(F)ccc2Cl)C1=O. The van der Waals surface area contributed by atoms with Gasteiger partial charge in [-0.05, 0) is 18.2 Å². The molecule has 1 heterocycles. The van der Waals surface area contributed by atoms with Gasteiger partial charge in [0, 0.05) is 17.5 Å². The molecule has 0 saturated heterocycles. The van der Waals surface area contributed by atoms with Crippen LogP contribution >= 0.6 is 11.6 Å². The normalized spacial score (nSPS) is 18.5. The van der Waals surface area contributed by atoms with Gasteiger partial charge in [0.1, 0.15) is 5.82 Å². The fraction of sp³-hybridized carbons (Fsp3) is 0.167. The van der Waals surface area contributed by atoms with E-state index in [1.165, 1.54) is 6.07 Å². The Morgan fingerprint density at radius 3 is 2.84 bits per heavy atom. The summed E-state index contributed by atoms with van der Waals surface area (Å²) >= 11 is 5.88. The van der Waals surface area contributed by atoms with Crippen molar-refractivity contribution in [2.24, 2.45) is 5.73 Å². The number of carbonyl (C=O) groups is 2. The minimum absolute atomic E-state index is 0.122. The molecule has 2 N–H and O–H groups in total. The Balaban J connectivity index is 2.33. The van der Waals surface area contributed by atoms with Crippen molar-refractivity contribution < 1.29 is 23.5 Å². The number of carbonyl (C=O) groups excluding carboxylic acids is 2. The van der Waals surface area contributed by atoms with Crippen LogP contribution in [-0.4, -0.2) is 11.8 Å². The summed E-state index contributed by atoms with van der Waals surface area (Å²) in [6.45, 7) is 1.12. The molecule has 1 aromatic rings. The number of rotatable bonds is 2. The van der Waals surface area contributed by atoms with E-state index in [0.29, 0.717) is 0 Å². The van der Waals surface area contributed by atoms with Crippen LogP contribution in [-0.2, 0) is 19.1 Å². The third-order valence-electron chi connectivity index (χ3n) is 2.42. The van der Waals surface area contributed by atoms with E-state index >= 15 is 0 Å². The van der Waals surface area contributed by atoms with Crippen molar-refractivity contribution in [1.29, 1.82) is 0 Å². The maximum Gasteiger partial charge on any atom is 0.308 e. The van der Waals surface area contributed by atoms with Crippen molar-refractivity contribution >= 4 is 23.4 Å². The first kappa shape index (κ1) is 13.4. The van der Waals surface area contributed by atoms with Gasteiger partial charge in [-0.3, -0.25) is 9.59 Å². The molecule has 5 nitrogen and oxygen atoms in total. The van der Waals surface area contributed by atoms with Crippen molar-refractivity contribution in [2.75, 3.05) is 0 Å². The van der Waals surface area contributed by atoms with Crippen molar-refractivity contribution in [2.45, 2.75) is 13.0 Å². The lowest BCUT2D eigenvalue weighted by Gasteiger charge is -2.11. The maximum atomic E-state index is 13.2. The smallest absolute Gasteiger partial charge is 0.308 e. The van der Waals surface area contributed by atoms with Crippen molar-refractivity contribution in [3.63, 3.8) is 0 Å². The van der Waals surface area contributed by atoms with E-state index in [9.17, 15) is 14.0 Å². The highest BCUT2D eigenvalue weighted by atomic mass is 35.5. The summed E-state index contributed by atoms with van der Waals surface area (Å²) < 4.78 is 22.9. The summed E-state index contributed by atoms with van der Waals surface area (Å²) in [5.74, 6) is -2.68. The first-order valence-corrected chi connectivity index (χ1v) is 5.62. The Labute approximate surface area is 112 Å². The lowest BCUT2D eigenvalue weighted by Crippen LogP contribution is -2.13. The van der Waals surface area contributed by atoms with E-state index < -0.39 is 29.4 Å². The molecule has 0 aromatic heterocycles. The Hall–Kier alpha value is -2.08. The number of nitrogens with two attached hydrogens (primary N) is 1. The standard InChI is InChI=1S/C12H9ClFNO4/c1-5(16)18-11-9(17)10(19-12(11)15)7-4-6(14)2-3-8(7)13/h2-4,10H,15H2,1H3. The molecule has 0 amide bonds. The fourth-order valence-electron chi connectivity index (χ4n) is 1.64. The number of halogens is 2. The van der Waals surface area contributed by atoms with E-state index in [2.05, 4.69) is 4.74 Å². The predicted molar refractivity (Wildman–Crippen MR) is 63.2 cm³/mol. The first-order valence-electron chi connectivity index (χ1n) is 5.24. The molecule has 0 aliphatic carbocycles. The van der Waals surface area contributed by atoms with Crippen LogP contribution in [0.5, 0.6) is 0 Å². The molecule has 7 heteroatoms. The molecule has 2 rings (SSSR count). The number of hydrogen-bond donors (Lipinski definition) is 1. The van der Waals surface area contributed by atoms with Gasteiger partial charge in [0.2, 0.25) is 17.4 Å². The van der Waals surface area contributed by atoms with Crippen molar-refractivity contribution in [3.05, 3.63) is 46.2 Å². The third kappa shape index (κ3) is 2.53. The van der Waals surface area contributed by atoms with Crippen LogP contribution < -0.4 is 5.73 Å². The average molecular weight is 286 g/mol. The molecule has 0 spiro atoms. The van der Waals surface area contributed by atoms with Crippen molar-refractivity contribution in [1.82, 2.24) is 0 Å². The summed E-state index contributed by atoms with van der Waals surface area (Å²) in [6.07, 6.45) is -1.21. The van der Waals surface area contributed by atoms with Gasteiger partial charge in [0.05, 0.1) is 0 Å². The van der Waals surface area contributed by atoms with Gasteiger partial charge in [-0.2, -0.15) is 0 Å². The molecular formula is C12H9ClFNO4. The van der Waals surface area contributed by atoms with E-state index in [4.69, 9.17) is 22.1 Å². The molecule has 1 aromatic carbocycles. The topological polar surface area (TPSA) is 78.6 Å². The second-order valence-electron chi connectivity index (χ2n) is 3.81. The second-order valence-corrected chi connectivity index (χ2v) is 4.22. The van der Waals surface area contributed by atoms with Gasteiger partial charge in [-0.15, -0.1) is 0 Å². The molecule has 100 valence electrons. The molecule has 1 aliphatic heterocycles. The molecule has 1 aliphatic rings. The summed E-state index contributed by atoms with van der Waals surface area (Å²) in [4.78, 5) is 22.8. The van der Waals surface area contributed by atoms with Crippen LogP contribution in [0.1, 0.15) is 18.6 Å². The molecule has 0 radical (unpaired) electrons. The van der Waals surface area contributed by atoms with Crippen LogP contribution in [0.4, 0.5) is 4.39 Å². The highest BCUT2D eigenvalue weighted by Gasteiger charge is 2.39. The molecule has 0 bridgehead atoms. The zero-order chi connectivity index (χ0) is 14.2. The molecule has 0 fully saturated rings. The van der Waals surface area contributed by atoms with Crippen molar-refractivity contribution in [3.8, 4) is 0 Å². The van der Waals surface area contributed by atoms with Gasteiger partial charge in [-0.1, -0.05) is 11.6 Å². The zero-order valence-corrected chi connectivity index (χ0v) is 10.5. The number of hydrogen-bond acceptors (Lipinski definition) is 5. The maximum absolute atomic E-state index is 13.2. The third-order valence-corrected chi connectivity index (χ3v) is 2.76. The lowest BCUT2D eigenvalue weighted by atomic mass is 10.1.